The van der Waals surface area contributed by atoms with Crippen LogP contribution >= 0.6 is 0 Å². The van der Waals surface area contributed by atoms with Gasteiger partial charge < -0.3 is 15.4 Å². The Bertz CT molecular complexity index is 284. The first-order valence-electron chi connectivity index (χ1n) is 7.26. The minimum absolute atomic E-state index is 0.133. The van der Waals surface area contributed by atoms with Gasteiger partial charge >= 0.3 is 0 Å². The van der Waals surface area contributed by atoms with Gasteiger partial charge in [-0.05, 0) is 38.3 Å². The molecule has 1 fully saturated rings. The third-order valence-corrected chi connectivity index (χ3v) is 3.90. The highest BCUT2D eigenvalue weighted by Gasteiger charge is 2.36. The van der Waals surface area contributed by atoms with E-state index >= 15 is 0 Å². The summed E-state index contributed by atoms with van der Waals surface area (Å²) in [4.78, 5) is 12.2. The van der Waals surface area contributed by atoms with E-state index in [2.05, 4.69) is 17.2 Å². The first kappa shape index (κ1) is 16.2. The Labute approximate surface area is 117 Å². The maximum Gasteiger partial charge on any atom is 0.226 e. The molecule has 1 unspecified atom stereocenters. The number of amides is 1. The predicted octanol–water partition coefficient (Wildman–Crippen LogP) is 1.72. The highest BCUT2D eigenvalue weighted by Crippen LogP contribution is 2.31. The van der Waals surface area contributed by atoms with E-state index < -0.39 is 0 Å². The molecule has 0 spiro atoms. The third kappa shape index (κ3) is 5.33. The molecule has 1 saturated heterocycles. The van der Waals surface area contributed by atoms with Gasteiger partial charge in [-0.15, -0.1) is 6.58 Å². The number of hydrogen-bond acceptors (Lipinski definition) is 3. The molecular formula is C15H28N2O2. The van der Waals surface area contributed by atoms with E-state index in [1.807, 2.05) is 19.9 Å². The van der Waals surface area contributed by atoms with Gasteiger partial charge in [-0.25, -0.2) is 0 Å². The zero-order valence-electron chi connectivity index (χ0n) is 12.3. The van der Waals surface area contributed by atoms with Crippen LogP contribution in [0.4, 0.5) is 0 Å². The van der Waals surface area contributed by atoms with Crippen LogP contribution in [0.1, 0.15) is 33.1 Å². The van der Waals surface area contributed by atoms with Crippen molar-refractivity contribution in [2.24, 2.45) is 11.3 Å². The quantitative estimate of drug-likeness (QED) is 0.520. The summed E-state index contributed by atoms with van der Waals surface area (Å²) in [6, 6.07) is 0. The number of nitrogens with one attached hydrogen (secondary N) is 2. The number of rotatable bonds is 8. The molecule has 0 aromatic rings. The lowest BCUT2D eigenvalue weighted by Gasteiger charge is -2.36. The predicted molar refractivity (Wildman–Crippen MR) is 78.0 cm³/mol. The molecule has 0 saturated carbocycles. The fourth-order valence-electron chi connectivity index (χ4n) is 2.39. The lowest BCUT2D eigenvalue weighted by Crippen LogP contribution is -2.47. The smallest absolute Gasteiger partial charge is 0.226 e. The molecule has 1 rings (SSSR count). The summed E-state index contributed by atoms with van der Waals surface area (Å²) in [5, 5.41) is 6.35. The fourth-order valence-corrected chi connectivity index (χ4v) is 2.39. The monoisotopic (exact) mass is 268 g/mol. The Morgan fingerprint density at radius 2 is 2.32 bits per heavy atom. The largest absolute Gasteiger partial charge is 0.379 e. The van der Waals surface area contributed by atoms with Gasteiger partial charge in [0.25, 0.3) is 0 Å². The molecule has 1 atom stereocenters. The van der Waals surface area contributed by atoms with E-state index in [9.17, 15) is 4.79 Å². The van der Waals surface area contributed by atoms with Crippen LogP contribution in [-0.2, 0) is 9.53 Å². The topological polar surface area (TPSA) is 50.4 Å². The van der Waals surface area contributed by atoms with Crippen LogP contribution < -0.4 is 10.6 Å². The zero-order chi connectivity index (χ0) is 14.1. The molecule has 0 bridgehead atoms. The van der Waals surface area contributed by atoms with Gasteiger partial charge in [0.2, 0.25) is 5.91 Å². The van der Waals surface area contributed by atoms with Gasteiger partial charge in [-0.3, -0.25) is 4.79 Å². The molecule has 19 heavy (non-hydrogen) atoms. The molecular weight excluding hydrogens is 240 g/mol. The van der Waals surface area contributed by atoms with Crippen LogP contribution in [0.25, 0.3) is 0 Å². The molecule has 0 radical (unpaired) electrons. The summed E-state index contributed by atoms with van der Waals surface area (Å²) in [6.45, 7) is 11.6. The van der Waals surface area contributed by atoms with Gasteiger partial charge in [0, 0.05) is 12.0 Å². The second kappa shape index (κ2) is 8.33. The Morgan fingerprint density at radius 3 is 2.95 bits per heavy atom. The fraction of sp³-hybridized carbons (Fsp3) is 0.800. The minimum atomic E-state index is -0.311. The number of ether oxygens (including phenoxy) is 1. The number of carbonyl (C=O) groups excluding carboxylic acids is 1. The maximum absolute atomic E-state index is 12.2. The van der Waals surface area contributed by atoms with E-state index in [0.29, 0.717) is 25.7 Å². The van der Waals surface area contributed by atoms with Crippen molar-refractivity contribution >= 4 is 5.91 Å². The summed E-state index contributed by atoms with van der Waals surface area (Å²) < 4.78 is 5.38. The number of hydrogen-bond donors (Lipinski definition) is 2. The van der Waals surface area contributed by atoms with Crippen LogP contribution in [-0.4, -0.2) is 38.8 Å². The lowest BCUT2D eigenvalue weighted by atomic mass is 9.74. The first-order chi connectivity index (χ1) is 9.09. The number of carbonyl (C=O) groups is 1. The van der Waals surface area contributed by atoms with Gasteiger partial charge in [-0.1, -0.05) is 19.9 Å². The van der Waals surface area contributed by atoms with E-state index in [4.69, 9.17) is 4.74 Å². The van der Waals surface area contributed by atoms with Gasteiger partial charge in [0.05, 0.1) is 13.2 Å². The lowest BCUT2D eigenvalue weighted by molar-refractivity contribution is -0.132. The van der Waals surface area contributed by atoms with E-state index in [1.54, 1.807) is 0 Å². The Hall–Kier alpha value is -0.870. The zero-order valence-corrected chi connectivity index (χ0v) is 12.3. The van der Waals surface area contributed by atoms with Crippen molar-refractivity contribution in [3.05, 3.63) is 12.7 Å². The van der Waals surface area contributed by atoms with Crippen LogP contribution in [0.5, 0.6) is 0 Å². The average Bonchev–Trinajstić information content (AvgIpc) is 2.43. The highest BCUT2D eigenvalue weighted by atomic mass is 16.5. The standard InChI is InChI=1S/C15H28N2O2/c1-4-5-10-19-11-9-17-14(18)15(2,3)13-7-6-8-16-12-13/h4,13,16H,1,5-12H2,2-3H3,(H,17,18). The summed E-state index contributed by atoms with van der Waals surface area (Å²) >= 11 is 0. The molecule has 0 aromatic carbocycles. The summed E-state index contributed by atoms with van der Waals surface area (Å²) in [7, 11) is 0. The molecule has 1 aliphatic heterocycles. The second-order valence-corrected chi connectivity index (χ2v) is 5.71. The second-order valence-electron chi connectivity index (χ2n) is 5.71. The van der Waals surface area contributed by atoms with Crippen LogP contribution in [0.2, 0.25) is 0 Å². The molecule has 0 aromatic heterocycles. The van der Waals surface area contributed by atoms with E-state index in [-0.39, 0.29) is 11.3 Å². The van der Waals surface area contributed by atoms with Crippen molar-refractivity contribution in [1.29, 1.82) is 0 Å². The van der Waals surface area contributed by atoms with Gasteiger partial charge in [-0.2, -0.15) is 0 Å². The SMILES string of the molecule is C=CCCOCCNC(=O)C(C)(C)C1CCCNC1. The highest BCUT2D eigenvalue weighted by molar-refractivity contribution is 5.82. The summed E-state index contributed by atoms with van der Waals surface area (Å²) in [6.07, 6.45) is 4.97. The Balaban J connectivity index is 2.24. The van der Waals surface area contributed by atoms with Gasteiger partial charge in [0.15, 0.2) is 0 Å². The summed E-state index contributed by atoms with van der Waals surface area (Å²) in [5.74, 6) is 0.552. The molecule has 4 nitrogen and oxygen atoms in total. The molecule has 1 aliphatic rings. The Kier molecular flexibility index (Phi) is 7.10. The molecule has 0 aliphatic carbocycles. The first-order valence-corrected chi connectivity index (χ1v) is 7.26. The molecule has 2 N–H and O–H groups in total. The Morgan fingerprint density at radius 1 is 1.53 bits per heavy atom. The maximum atomic E-state index is 12.2. The number of piperidine rings is 1. The van der Waals surface area contributed by atoms with Crippen molar-refractivity contribution in [3.8, 4) is 0 Å². The molecule has 4 heteroatoms. The normalized spacial score (nSPS) is 20.0. The average molecular weight is 268 g/mol. The van der Waals surface area contributed by atoms with Crippen molar-refractivity contribution in [2.75, 3.05) is 32.8 Å². The van der Waals surface area contributed by atoms with E-state index in [0.717, 1.165) is 32.4 Å². The third-order valence-electron chi connectivity index (χ3n) is 3.90. The summed E-state index contributed by atoms with van der Waals surface area (Å²) in [5.41, 5.74) is -0.311. The van der Waals surface area contributed by atoms with Crippen molar-refractivity contribution in [2.45, 2.75) is 33.1 Å². The molecule has 1 heterocycles. The molecule has 1 amide bonds. The van der Waals surface area contributed by atoms with Crippen molar-refractivity contribution in [1.82, 2.24) is 10.6 Å². The van der Waals surface area contributed by atoms with Crippen LogP contribution in [0.3, 0.4) is 0 Å². The minimum Gasteiger partial charge on any atom is -0.379 e. The van der Waals surface area contributed by atoms with Crippen LogP contribution in [0.15, 0.2) is 12.7 Å². The molecule has 110 valence electrons. The van der Waals surface area contributed by atoms with Gasteiger partial charge in [0.1, 0.15) is 0 Å². The van der Waals surface area contributed by atoms with Crippen LogP contribution in [0, 0.1) is 11.3 Å². The van der Waals surface area contributed by atoms with Crippen molar-refractivity contribution < 1.29 is 9.53 Å². The van der Waals surface area contributed by atoms with E-state index in [1.165, 1.54) is 0 Å². The van der Waals surface area contributed by atoms with Crippen molar-refractivity contribution in [3.63, 3.8) is 0 Å².